The molecule has 0 radical (unpaired) electrons. The molecule has 0 atom stereocenters. The summed E-state index contributed by atoms with van der Waals surface area (Å²) in [7, 11) is 1.73. The van der Waals surface area contributed by atoms with Crippen LogP contribution in [0, 0.1) is 5.92 Å². The molecule has 2 aromatic rings. The van der Waals surface area contributed by atoms with Gasteiger partial charge in [-0.3, -0.25) is 4.79 Å². The SMILES string of the molecule is CNC1=C(C(N)=Nc2ccc(Oc3cccc(C(F)(F)F)c3)c(Cl)c2)C=C(C(=O)NCC(C)C)CCN1. The molecule has 11 heteroatoms. The summed E-state index contributed by atoms with van der Waals surface area (Å²) in [5, 5.41) is 9.30. The van der Waals surface area contributed by atoms with Gasteiger partial charge in [0.05, 0.1) is 21.8 Å². The lowest BCUT2D eigenvalue weighted by molar-refractivity contribution is -0.137. The van der Waals surface area contributed by atoms with Gasteiger partial charge in [0.2, 0.25) is 5.91 Å². The molecular formula is C26H29ClF3N5O2. The van der Waals surface area contributed by atoms with Gasteiger partial charge in [-0.25, -0.2) is 4.99 Å². The van der Waals surface area contributed by atoms with Gasteiger partial charge in [-0.05, 0) is 54.8 Å². The van der Waals surface area contributed by atoms with Crippen LogP contribution in [0.1, 0.15) is 25.8 Å². The van der Waals surface area contributed by atoms with Crippen LogP contribution in [-0.4, -0.2) is 31.9 Å². The van der Waals surface area contributed by atoms with Crippen molar-refractivity contribution in [1.29, 1.82) is 0 Å². The van der Waals surface area contributed by atoms with Crippen molar-refractivity contribution in [1.82, 2.24) is 16.0 Å². The molecular weight excluding hydrogens is 507 g/mol. The molecule has 3 rings (SSSR count). The van der Waals surface area contributed by atoms with E-state index >= 15 is 0 Å². The highest BCUT2D eigenvalue weighted by molar-refractivity contribution is 6.32. The van der Waals surface area contributed by atoms with E-state index in [0.717, 1.165) is 12.1 Å². The number of nitrogens with two attached hydrogens (primary N) is 1. The van der Waals surface area contributed by atoms with E-state index in [1.807, 2.05) is 13.8 Å². The van der Waals surface area contributed by atoms with E-state index in [9.17, 15) is 18.0 Å². The van der Waals surface area contributed by atoms with Crippen LogP contribution < -0.4 is 26.4 Å². The third-order valence-electron chi connectivity index (χ3n) is 5.33. The summed E-state index contributed by atoms with van der Waals surface area (Å²) < 4.78 is 44.5. The number of amides is 1. The Bertz CT molecular complexity index is 1240. The number of hydrogen-bond acceptors (Lipinski definition) is 5. The lowest BCUT2D eigenvalue weighted by Crippen LogP contribution is -2.29. The van der Waals surface area contributed by atoms with E-state index in [4.69, 9.17) is 22.1 Å². The van der Waals surface area contributed by atoms with E-state index in [1.54, 1.807) is 19.2 Å². The molecule has 0 bridgehead atoms. The molecule has 198 valence electrons. The lowest BCUT2D eigenvalue weighted by Gasteiger charge is -2.13. The summed E-state index contributed by atoms with van der Waals surface area (Å²) in [5.74, 6) is 1.05. The summed E-state index contributed by atoms with van der Waals surface area (Å²) in [4.78, 5) is 17.1. The van der Waals surface area contributed by atoms with Gasteiger partial charge in [-0.15, -0.1) is 0 Å². The number of aliphatic imine (C=N–C) groups is 1. The molecule has 0 saturated carbocycles. The minimum Gasteiger partial charge on any atom is -0.456 e. The Morgan fingerprint density at radius 2 is 2.00 bits per heavy atom. The van der Waals surface area contributed by atoms with E-state index in [0.29, 0.717) is 48.1 Å². The molecule has 0 aromatic heterocycles. The van der Waals surface area contributed by atoms with Crippen LogP contribution in [0.15, 0.2) is 70.5 Å². The summed E-state index contributed by atoms with van der Waals surface area (Å²) in [5.41, 5.74) is 6.96. The molecule has 0 unspecified atom stereocenters. The Balaban J connectivity index is 1.85. The van der Waals surface area contributed by atoms with Crippen LogP contribution in [0.5, 0.6) is 11.5 Å². The summed E-state index contributed by atoms with van der Waals surface area (Å²) >= 11 is 6.33. The van der Waals surface area contributed by atoms with Crippen molar-refractivity contribution in [2.75, 3.05) is 20.1 Å². The second kappa shape index (κ2) is 12.1. The summed E-state index contributed by atoms with van der Waals surface area (Å²) in [6.07, 6.45) is -2.29. The first-order chi connectivity index (χ1) is 17.5. The van der Waals surface area contributed by atoms with Gasteiger partial charge < -0.3 is 26.4 Å². The first-order valence-corrected chi connectivity index (χ1v) is 12.0. The monoisotopic (exact) mass is 535 g/mol. The maximum Gasteiger partial charge on any atom is 0.416 e. The largest absolute Gasteiger partial charge is 0.456 e. The molecule has 2 aromatic carbocycles. The number of nitrogens with zero attached hydrogens (tertiary/aromatic N) is 1. The van der Waals surface area contributed by atoms with Crippen molar-refractivity contribution >= 4 is 29.0 Å². The molecule has 7 nitrogen and oxygen atoms in total. The Morgan fingerprint density at radius 1 is 1.24 bits per heavy atom. The number of ether oxygens (including phenoxy) is 1. The van der Waals surface area contributed by atoms with Gasteiger partial charge in [0.25, 0.3) is 0 Å². The highest BCUT2D eigenvalue weighted by Crippen LogP contribution is 2.36. The van der Waals surface area contributed by atoms with Crippen LogP contribution in [0.4, 0.5) is 18.9 Å². The molecule has 0 aliphatic carbocycles. The van der Waals surface area contributed by atoms with E-state index in [2.05, 4.69) is 20.9 Å². The van der Waals surface area contributed by atoms with Gasteiger partial charge in [-0.2, -0.15) is 13.2 Å². The van der Waals surface area contributed by atoms with Crippen LogP contribution in [0.2, 0.25) is 5.02 Å². The quantitative estimate of drug-likeness (QED) is 0.273. The topological polar surface area (TPSA) is 101 Å². The fourth-order valence-corrected chi connectivity index (χ4v) is 3.67. The number of hydrogen-bond donors (Lipinski definition) is 4. The van der Waals surface area contributed by atoms with Gasteiger partial charge in [-0.1, -0.05) is 31.5 Å². The standard InChI is InChI=1S/C26H29ClF3N5O2/c1-15(2)14-34-25(36)16-9-10-33-24(32-3)20(11-16)23(31)35-18-7-8-22(21(27)13-18)37-19-6-4-5-17(12-19)26(28,29)30/h4-8,11-13,15,32-33H,9-10,14H2,1-3H3,(H2,31,35)(H,34,36). The second-order valence-corrected chi connectivity index (χ2v) is 9.14. The van der Waals surface area contributed by atoms with Crippen LogP contribution in [0.3, 0.4) is 0 Å². The van der Waals surface area contributed by atoms with E-state index < -0.39 is 11.7 Å². The highest BCUT2D eigenvalue weighted by atomic mass is 35.5. The maximum absolute atomic E-state index is 13.0. The van der Waals surface area contributed by atoms with E-state index in [-0.39, 0.29) is 28.3 Å². The smallest absolute Gasteiger partial charge is 0.416 e. The fourth-order valence-electron chi connectivity index (χ4n) is 3.45. The highest BCUT2D eigenvalue weighted by Gasteiger charge is 2.30. The number of carbonyl (C=O) groups is 1. The predicted octanol–water partition coefficient (Wildman–Crippen LogP) is 5.26. The maximum atomic E-state index is 13.0. The van der Waals surface area contributed by atoms with Gasteiger partial charge in [0.1, 0.15) is 23.2 Å². The van der Waals surface area contributed by atoms with Crippen molar-refractivity contribution < 1.29 is 22.7 Å². The molecule has 5 N–H and O–H groups in total. The third-order valence-corrected chi connectivity index (χ3v) is 5.62. The number of amidine groups is 1. The number of nitrogens with one attached hydrogen (secondary N) is 3. The molecule has 1 aliphatic rings. The van der Waals surface area contributed by atoms with Crippen molar-refractivity contribution in [2.45, 2.75) is 26.4 Å². The Hall–Kier alpha value is -3.66. The molecule has 0 fully saturated rings. The van der Waals surface area contributed by atoms with Crippen LogP contribution >= 0.6 is 11.6 Å². The number of halogens is 4. The Labute approximate surface area is 218 Å². The zero-order valence-corrected chi connectivity index (χ0v) is 21.4. The second-order valence-electron chi connectivity index (χ2n) is 8.73. The van der Waals surface area contributed by atoms with Crippen molar-refractivity contribution in [3.8, 4) is 11.5 Å². The number of benzene rings is 2. The van der Waals surface area contributed by atoms with Crippen LogP contribution in [-0.2, 0) is 11.0 Å². The summed E-state index contributed by atoms with van der Waals surface area (Å²) in [6.45, 7) is 5.11. The summed E-state index contributed by atoms with van der Waals surface area (Å²) in [6, 6.07) is 9.07. The average Bonchev–Trinajstić information content (AvgIpc) is 3.06. The van der Waals surface area contributed by atoms with E-state index in [1.165, 1.54) is 24.3 Å². The number of alkyl halides is 3. The minimum absolute atomic E-state index is 0.00533. The molecule has 1 aliphatic heterocycles. The van der Waals surface area contributed by atoms with Crippen LogP contribution in [0.25, 0.3) is 0 Å². The molecule has 37 heavy (non-hydrogen) atoms. The Kier molecular flexibility index (Phi) is 9.09. The van der Waals surface area contributed by atoms with Gasteiger partial charge in [0, 0.05) is 25.7 Å². The predicted molar refractivity (Wildman–Crippen MR) is 139 cm³/mol. The molecule has 0 saturated heterocycles. The fraction of sp³-hybridized carbons (Fsp3) is 0.308. The van der Waals surface area contributed by atoms with Gasteiger partial charge in [0.15, 0.2) is 0 Å². The zero-order chi connectivity index (χ0) is 27.2. The zero-order valence-electron chi connectivity index (χ0n) is 20.7. The van der Waals surface area contributed by atoms with Crippen molar-refractivity contribution in [2.24, 2.45) is 16.6 Å². The normalized spacial score (nSPS) is 14.6. The first-order valence-electron chi connectivity index (χ1n) is 11.6. The van der Waals surface area contributed by atoms with Crippen molar-refractivity contribution in [3.05, 3.63) is 76.1 Å². The third kappa shape index (κ3) is 7.66. The molecule has 1 heterocycles. The first kappa shape index (κ1) is 27.9. The lowest BCUT2D eigenvalue weighted by atomic mass is 10.1. The number of rotatable bonds is 8. The average molecular weight is 536 g/mol. The Morgan fingerprint density at radius 3 is 2.65 bits per heavy atom. The molecule has 0 spiro atoms. The minimum atomic E-state index is -4.49. The molecule has 1 amide bonds. The van der Waals surface area contributed by atoms with Crippen molar-refractivity contribution in [3.63, 3.8) is 0 Å². The number of carbonyl (C=O) groups excluding carboxylic acids is 1. The van der Waals surface area contributed by atoms with Gasteiger partial charge >= 0.3 is 6.18 Å².